The molecule has 2 aromatic carbocycles. The number of hydrogen-bond acceptors (Lipinski definition) is 4. The van der Waals surface area contributed by atoms with Gasteiger partial charge in [-0.3, -0.25) is 0 Å². The molecule has 0 N–H and O–H groups in total. The summed E-state index contributed by atoms with van der Waals surface area (Å²) in [4.78, 5) is 4.62. The Balaban J connectivity index is 1.18. The lowest BCUT2D eigenvalue weighted by Gasteiger charge is -2.52. The fourth-order valence-corrected chi connectivity index (χ4v) is 7.22. The standard InChI is InChI=1S/C30H34Cl2N2O3/c31-26-11-10-21(16-27(26)32)20-36-28-19-34(14-12-22(28)13-15-34)18-25-17-33-29(37-25)30(35,24-8-4-5-9-24)23-6-2-1-3-7-23/h1-3,6-7,10-11,16-17,22,24,28H,4-5,8-9,12-15,18-20H2/t22?,28?,30-,34?/m0/s1. The molecule has 3 saturated heterocycles. The third-order valence-corrected chi connectivity index (χ3v) is 9.72. The summed E-state index contributed by atoms with van der Waals surface area (Å²) >= 11 is 12.3. The first kappa shape index (κ1) is 25.4. The van der Waals surface area contributed by atoms with Gasteiger partial charge in [-0.1, -0.05) is 85.3 Å². The first-order valence-corrected chi connectivity index (χ1v) is 14.3. The first-order valence-electron chi connectivity index (χ1n) is 13.6. The lowest BCUT2D eigenvalue weighted by atomic mass is 9.80. The molecule has 4 fully saturated rings. The lowest BCUT2D eigenvalue weighted by Crippen LogP contribution is -2.63. The van der Waals surface area contributed by atoms with Gasteiger partial charge in [0.1, 0.15) is 19.2 Å². The number of ether oxygens (including phenoxy) is 1. The van der Waals surface area contributed by atoms with Crippen molar-refractivity contribution in [3.05, 3.63) is 87.6 Å². The quantitative estimate of drug-likeness (QED) is 0.324. The molecule has 0 radical (unpaired) electrons. The van der Waals surface area contributed by atoms with Gasteiger partial charge in [-0.15, -0.1) is 0 Å². The number of benzene rings is 2. The normalized spacial score (nSPS) is 27.4. The maximum absolute atomic E-state index is 14.5. The summed E-state index contributed by atoms with van der Waals surface area (Å²) in [7, 11) is 0. The van der Waals surface area contributed by atoms with Gasteiger partial charge in [0.25, 0.3) is 0 Å². The van der Waals surface area contributed by atoms with Crippen LogP contribution in [0.4, 0.5) is 0 Å². The maximum atomic E-state index is 14.5. The monoisotopic (exact) mass is 540 g/mol. The van der Waals surface area contributed by atoms with Crippen molar-refractivity contribution in [2.24, 2.45) is 11.8 Å². The Morgan fingerprint density at radius 1 is 1.00 bits per heavy atom. The predicted molar refractivity (Wildman–Crippen MR) is 142 cm³/mol. The van der Waals surface area contributed by atoms with Crippen LogP contribution in [0.1, 0.15) is 61.3 Å². The van der Waals surface area contributed by atoms with E-state index in [4.69, 9.17) is 32.4 Å². The maximum Gasteiger partial charge on any atom is 0.188 e. The summed E-state index contributed by atoms with van der Waals surface area (Å²) in [5.41, 5.74) is 0.366. The van der Waals surface area contributed by atoms with Crippen LogP contribution in [0.15, 0.2) is 59.1 Å². The Morgan fingerprint density at radius 3 is 2.49 bits per heavy atom. The van der Waals surface area contributed by atoms with Gasteiger partial charge in [-0.05, 0) is 34.8 Å². The van der Waals surface area contributed by atoms with Crippen molar-refractivity contribution < 1.29 is 18.7 Å². The van der Waals surface area contributed by atoms with Crippen LogP contribution in [-0.4, -0.2) is 35.2 Å². The number of fused-ring (bicyclic) bond motifs is 3. The zero-order valence-electron chi connectivity index (χ0n) is 21.1. The topological polar surface area (TPSA) is 58.3 Å². The average Bonchev–Trinajstić information content (AvgIpc) is 3.63. The fourth-order valence-electron chi connectivity index (χ4n) is 6.90. The van der Waals surface area contributed by atoms with Gasteiger partial charge >= 0.3 is 0 Å². The zero-order chi connectivity index (χ0) is 25.5. The van der Waals surface area contributed by atoms with E-state index in [1.807, 2.05) is 48.5 Å². The Bertz CT molecular complexity index is 1220. The third-order valence-electron chi connectivity index (χ3n) is 8.98. The smallest absolute Gasteiger partial charge is 0.188 e. The number of halogens is 2. The molecule has 0 amide bonds. The van der Waals surface area contributed by atoms with E-state index in [2.05, 4.69) is 4.98 Å². The van der Waals surface area contributed by atoms with Crippen molar-refractivity contribution in [2.75, 3.05) is 19.6 Å². The van der Waals surface area contributed by atoms with E-state index in [1.54, 1.807) is 6.20 Å². The number of rotatable bonds is 8. The average molecular weight is 542 g/mol. The van der Waals surface area contributed by atoms with E-state index < -0.39 is 5.60 Å². The molecule has 3 aromatic rings. The van der Waals surface area contributed by atoms with E-state index in [-0.39, 0.29) is 12.0 Å². The van der Waals surface area contributed by atoms with Crippen LogP contribution in [0, 0.1) is 11.8 Å². The van der Waals surface area contributed by atoms with E-state index in [0.29, 0.717) is 28.5 Å². The van der Waals surface area contributed by atoms with Crippen molar-refractivity contribution >= 4 is 23.2 Å². The highest BCUT2D eigenvalue weighted by Crippen LogP contribution is 2.43. The van der Waals surface area contributed by atoms with Gasteiger partial charge in [-0.25, -0.2) is 4.98 Å². The number of oxazole rings is 1. The molecule has 1 aromatic heterocycles. The Labute approximate surface area is 229 Å². The van der Waals surface area contributed by atoms with E-state index >= 15 is 0 Å². The summed E-state index contributed by atoms with van der Waals surface area (Å²) in [6.07, 6.45) is 8.33. The van der Waals surface area contributed by atoms with Crippen LogP contribution in [0.2, 0.25) is 10.0 Å². The molecule has 1 aliphatic carbocycles. The summed E-state index contributed by atoms with van der Waals surface area (Å²) in [5.74, 6) is 1.74. The molecule has 3 aliphatic heterocycles. The number of piperidine rings is 3. The van der Waals surface area contributed by atoms with E-state index in [1.165, 1.54) is 0 Å². The second-order valence-corrected chi connectivity index (χ2v) is 12.1. The molecule has 7 heteroatoms. The molecule has 5 nitrogen and oxygen atoms in total. The van der Waals surface area contributed by atoms with Crippen LogP contribution in [0.5, 0.6) is 0 Å². The molecule has 196 valence electrons. The minimum Gasteiger partial charge on any atom is -0.839 e. The molecular formula is C30H34Cl2N2O3. The van der Waals surface area contributed by atoms with Crippen molar-refractivity contribution in [3.8, 4) is 0 Å². The number of aromatic nitrogens is 1. The van der Waals surface area contributed by atoms with Crippen LogP contribution in [-0.2, 0) is 23.5 Å². The Morgan fingerprint density at radius 2 is 1.76 bits per heavy atom. The number of nitrogens with zero attached hydrogens (tertiary/aromatic N) is 2. The zero-order valence-corrected chi connectivity index (χ0v) is 22.6. The van der Waals surface area contributed by atoms with Crippen LogP contribution in [0.3, 0.4) is 0 Å². The predicted octanol–water partition coefficient (Wildman–Crippen LogP) is 6.10. The SMILES string of the molecule is [O-][C@](c1ccccc1)(c1ncc(C[N+]23CCC(CC2)C(OCc2ccc(Cl)c(Cl)c2)C3)o1)C1CCCC1. The van der Waals surface area contributed by atoms with Crippen molar-refractivity contribution in [2.45, 2.75) is 63.4 Å². The molecule has 2 atom stereocenters. The van der Waals surface area contributed by atoms with Crippen molar-refractivity contribution in [3.63, 3.8) is 0 Å². The van der Waals surface area contributed by atoms with Crippen LogP contribution >= 0.6 is 23.2 Å². The van der Waals surface area contributed by atoms with Gasteiger partial charge < -0.3 is 18.7 Å². The molecule has 0 spiro atoms. The molecule has 4 aliphatic rings. The van der Waals surface area contributed by atoms with Gasteiger partial charge in [0.05, 0.1) is 35.9 Å². The van der Waals surface area contributed by atoms with E-state index in [0.717, 1.165) is 86.1 Å². The second-order valence-electron chi connectivity index (χ2n) is 11.3. The number of hydrogen-bond donors (Lipinski definition) is 0. The molecule has 2 bridgehead atoms. The fraction of sp³-hybridized carbons (Fsp3) is 0.500. The lowest BCUT2D eigenvalue weighted by molar-refractivity contribution is -0.959. The largest absolute Gasteiger partial charge is 0.839 e. The van der Waals surface area contributed by atoms with Crippen LogP contribution in [0.25, 0.3) is 0 Å². The molecule has 37 heavy (non-hydrogen) atoms. The molecule has 1 unspecified atom stereocenters. The highest BCUT2D eigenvalue weighted by molar-refractivity contribution is 6.42. The summed E-state index contributed by atoms with van der Waals surface area (Å²) in [6.45, 7) is 4.45. The summed E-state index contributed by atoms with van der Waals surface area (Å²) in [5, 5.41) is 15.6. The molecular weight excluding hydrogens is 507 g/mol. The van der Waals surface area contributed by atoms with Gasteiger partial charge in [0.15, 0.2) is 11.7 Å². The minimum atomic E-state index is -1.43. The third kappa shape index (κ3) is 4.97. The first-order chi connectivity index (χ1) is 18.0. The molecule has 1 saturated carbocycles. The van der Waals surface area contributed by atoms with Crippen LogP contribution < -0.4 is 5.11 Å². The Kier molecular flexibility index (Phi) is 7.10. The Hall–Kier alpha value is -1.89. The van der Waals surface area contributed by atoms with Crippen molar-refractivity contribution in [1.82, 2.24) is 4.98 Å². The highest BCUT2D eigenvalue weighted by atomic mass is 35.5. The summed E-state index contributed by atoms with van der Waals surface area (Å²) < 4.78 is 13.7. The van der Waals surface area contributed by atoms with Gasteiger partial charge in [-0.2, -0.15) is 0 Å². The number of quaternary nitrogens is 1. The molecule has 7 rings (SSSR count). The second kappa shape index (κ2) is 10.3. The van der Waals surface area contributed by atoms with Gasteiger partial charge in [0.2, 0.25) is 0 Å². The minimum absolute atomic E-state index is 0.0123. The highest BCUT2D eigenvalue weighted by Gasteiger charge is 2.47. The van der Waals surface area contributed by atoms with Gasteiger partial charge in [0, 0.05) is 18.8 Å². The van der Waals surface area contributed by atoms with Crippen molar-refractivity contribution in [1.29, 1.82) is 0 Å². The molecule has 4 heterocycles. The van der Waals surface area contributed by atoms with E-state index in [9.17, 15) is 5.11 Å². The summed E-state index contributed by atoms with van der Waals surface area (Å²) in [6, 6.07) is 15.4.